The summed E-state index contributed by atoms with van der Waals surface area (Å²) in [5, 5.41) is 1.67. The molecular formula is C11H5F2IOS. The van der Waals surface area contributed by atoms with E-state index in [0.717, 1.165) is 21.1 Å². The van der Waals surface area contributed by atoms with Crippen LogP contribution in [-0.4, -0.2) is 5.78 Å². The van der Waals surface area contributed by atoms with Crippen LogP contribution in [0.15, 0.2) is 29.6 Å². The molecule has 1 heterocycles. The van der Waals surface area contributed by atoms with Crippen LogP contribution in [0, 0.1) is 14.5 Å². The van der Waals surface area contributed by atoms with E-state index in [1.54, 1.807) is 11.4 Å². The number of halogens is 3. The summed E-state index contributed by atoms with van der Waals surface area (Å²) in [4.78, 5) is 11.8. The first-order chi connectivity index (χ1) is 7.56. The van der Waals surface area contributed by atoms with E-state index in [-0.39, 0.29) is 11.3 Å². The van der Waals surface area contributed by atoms with Gasteiger partial charge in [0.15, 0.2) is 5.78 Å². The standard InChI is InChI=1S/C11H5F2IOS/c12-8-1-6(2-9(13)4-8)11(15)7-3-10(14)16-5-7/h1-5H. The lowest BCUT2D eigenvalue weighted by Gasteiger charge is -1.99. The lowest BCUT2D eigenvalue weighted by atomic mass is 10.1. The summed E-state index contributed by atoms with van der Waals surface area (Å²) in [6.45, 7) is 0. The molecule has 0 radical (unpaired) electrons. The van der Waals surface area contributed by atoms with Gasteiger partial charge in [-0.3, -0.25) is 4.79 Å². The normalized spacial score (nSPS) is 10.4. The number of carbonyl (C=O) groups excluding carboxylic acids is 1. The Bertz CT molecular complexity index is 530. The Balaban J connectivity index is 2.41. The van der Waals surface area contributed by atoms with Crippen molar-refractivity contribution in [2.75, 3.05) is 0 Å². The number of carbonyl (C=O) groups is 1. The third-order valence-electron chi connectivity index (χ3n) is 1.95. The molecule has 0 unspecified atom stereocenters. The van der Waals surface area contributed by atoms with Crippen LogP contribution in [0.2, 0.25) is 0 Å². The molecule has 16 heavy (non-hydrogen) atoms. The molecule has 0 aliphatic heterocycles. The topological polar surface area (TPSA) is 17.1 Å². The van der Waals surface area contributed by atoms with Crippen molar-refractivity contribution in [3.63, 3.8) is 0 Å². The Hall–Kier alpha value is -0.820. The van der Waals surface area contributed by atoms with Crippen LogP contribution in [0.1, 0.15) is 15.9 Å². The highest BCUT2D eigenvalue weighted by atomic mass is 127. The lowest BCUT2D eigenvalue weighted by Crippen LogP contribution is -2.01. The Morgan fingerprint density at radius 2 is 1.69 bits per heavy atom. The van der Waals surface area contributed by atoms with Gasteiger partial charge in [0.2, 0.25) is 0 Å². The minimum atomic E-state index is -0.742. The largest absolute Gasteiger partial charge is 0.289 e. The molecule has 0 saturated heterocycles. The molecule has 0 atom stereocenters. The number of hydrogen-bond donors (Lipinski definition) is 0. The second kappa shape index (κ2) is 4.58. The molecule has 5 heteroatoms. The van der Waals surface area contributed by atoms with Gasteiger partial charge in [-0.05, 0) is 40.8 Å². The van der Waals surface area contributed by atoms with Crippen molar-refractivity contribution in [3.05, 3.63) is 55.3 Å². The van der Waals surface area contributed by atoms with Crippen molar-refractivity contribution in [2.45, 2.75) is 0 Å². The average Bonchev–Trinajstić information content (AvgIpc) is 2.62. The molecule has 1 aromatic heterocycles. The number of ketones is 1. The van der Waals surface area contributed by atoms with Crippen molar-refractivity contribution >= 4 is 39.7 Å². The molecule has 0 N–H and O–H groups in total. The Morgan fingerprint density at radius 1 is 1.06 bits per heavy atom. The van der Waals surface area contributed by atoms with Crippen LogP contribution in [0.5, 0.6) is 0 Å². The highest BCUT2D eigenvalue weighted by molar-refractivity contribution is 14.1. The zero-order chi connectivity index (χ0) is 11.7. The highest BCUT2D eigenvalue weighted by Gasteiger charge is 2.13. The molecule has 2 aromatic rings. The Labute approximate surface area is 108 Å². The molecule has 0 saturated carbocycles. The second-order valence-corrected chi connectivity index (χ2v) is 5.93. The van der Waals surface area contributed by atoms with E-state index >= 15 is 0 Å². The fraction of sp³-hybridized carbons (Fsp3) is 0. The fourth-order valence-electron chi connectivity index (χ4n) is 1.28. The average molecular weight is 350 g/mol. The quantitative estimate of drug-likeness (QED) is 0.594. The summed E-state index contributed by atoms with van der Waals surface area (Å²) in [5.74, 6) is -1.85. The van der Waals surface area contributed by atoms with Gasteiger partial charge in [0.1, 0.15) is 11.6 Å². The minimum absolute atomic E-state index is 0.0340. The first-order valence-corrected chi connectivity index (χ1v) is 6.27. The molecule has 1 nitrogen and oxygen atoms in total. The molecule has 0 spiro atoms. The Kier molecular flexibility index (Phi) is 3.34. The predicted molar refractivity (Wildman–Crippen MR) is 66.8 cm³/mol. The van der Waals surface area contributed by atoms with Gasteiger partial charge in [0.25, 0.3) is 0 Å². The monoisotopic (exact) mass is 350 g/mol. The third-order valence-corrected chi connectivity index (χ3v) is 3.74. The van der Waals surface area contributed by atoms with E-state index in [1.807, 2.05) is 0 Å². The molecule has 0 amide bonds. The van der Waals surface area contributed by atoms with Gasteiger partial charge in [-0.1, -0.05) is 0 Å². The molecule has 0 aliphatic rings. The van der Waals surface area contributed by atoms with E-state index in [9.17, 15) is 13.6 Å². The van der Waals surface area contributed by atoms with Gasteiger partial charge in [-0.25, -0.2) is 8.78 Å². The first-order valence-electron chi connectivity index (χ1n) is 4.31. The zero-order valence-corrected chi connectivity index (χ0v) is 10.8. The molecule has 0 aliphatic carbocycles. The van der Waals surface area contributed by atoms with Crippen molar-refractivity contribution in [1.82, 2.24) is 0 Å². The van der Waals surface area contributed by atoms with Crippen molar-refractivity contribution in [3.8, 4) is 0 Å². The van der Waals surface area contributed by atoms with E-state index in [1.165, 1.54) is 11.3 Å². The maximum Gasteiger partial charge on any atom is 0.194 e. The van der Waals surface area contributed by atoms with Crippen molar-refractivity contribution in [1.29, 1.82) is 0 Å². The summed E-state index contributed by atoms with van der Waals surface area (Å²) >= 11 is 3.50. The SMILES string of the molecule is O=C(c1cc(F)cc(F)c1)c1csc(I)c1. The molecule has 1 aromatic carbocycles. The molecule has 82 valence electrons. The van der Waals surface area contributed by atoms with Gasteiger partial charge in [-0.2, -0.15) is 0 Å². The number of benzene rings is 1. The molecule has 0 bridgehead atoms. The summed E-state index contributed by atoms with van der Waals surface area (Å²) in [5.41, 5.74) is 0.492. The van der Waals surface area contributed by atoms with Gasteiger partial charge in [-0.15, -0.1) is 11.3 Å². The maximum absolute atomic E-state index is 12.9. The maximum atomic E-state index is 12.9. The fourth-order valence-corrected chi connectivity index (χ4v) is 2.61. The van der Waals surface area contributed by atoms with Crippen LogP contribution in [-0.2, 0) is 0 Å². The van der Waals surface area contributed by atoms with E-state index in [4.69, 9.17) is 0 Å². The van der Waals surface area contributed by atoms with Gasteiger partial charge in [0.05, 0.1) is 2.88 Å². The van der Waals surface area contributed by atoms with E-state index < -0.39 is 11.6 Å². The molecular weight excluding hydrogens is 345 g/mol. The van der Waals surface area contributed by atoms with Gasteiger partial charge < -0.3 is 0 Å². The van der Waals surface area contributed by atoms with Crippen LogP contribution in [0.4, 0.5) is 8.78 Å². The van der Waals surface area contributed by atoms with Gasteiger partial charge >= 0.3 is 0 Å². The number of rotatable bonds is 2. The lowest BCUT2D eigenvalue weighted by molar-refractivity contribution is 0.103. The molecule has 2 rings (SSSR count). The number of thiophene rings is 1. The van der Waals surface area contributed by atoms with E-state index in [0.29, 0.717) is 5.56 Å². The summed E-state index contributed by atoms with van der Waals surface area (Å²) in [6.07, 6.45) is 0. The highest BCUT2D eigenvalue weighted by Crippen LogP contribution is 2.20. The van der Waals surface area contributed by atoms with Crippen molar-refractivity contribution < 1.29 is 13.6 Å². The van der Waals surface area contributed by atoms with E-state index in [2.05, 4.69) is 22.6 Å². The van der Waals surface area contributed by atoms with Crippen LogP contribution in [0.25, 0.3) is 0 Å². The van der Waals surface area contributed by atoms with Crippen LogP contribution in [0.3, 0.4) is 0 Å². The first kappa shape index (κ1) is 11.7. The van der Waals surface area contributed by atoms with Crippen LogP contribution >= 0.6 is 33.9 Å². The molecule has 0 fully saturated rings. The van der Waals surface area contributed by atoms with Crippen LogP contribution < -0.4 is 0 Å². The minimum Gasteiger partial charge on any atom is -0.289 e. The Morgan fingerprint density at radius 3 is 2.19 bits per heavy atom. The predicted octanol–water partition coefficient (Wildman–Crippen LogP) is 3.86. The summed E-state index contributed by atoms with van der Waals surface area (Å²) < 4.78 is 26.8. The summed E-state index contributed by atoms with van der Waals surface area (Å²) in [7, 11) is 0. The number of hydrogen-bond acceptors (Lipinski definition) is 2. The zero-order valence-electron chi connectivity index (χ0n) is 7.84. The summed E-state index contributed by atoms with van der Waals surface area (Å²) in [6, 6.07) is 4.51. The van der Waals surface area contributed by atoms with Gasteiger partial charge in [0, 0.05) is 22.6 Å². The second-order valence-electron chi connectivity index (χ2n) is 3.13. The third kappa shape index (κ3) is 2.46. The van der Waals surface area contributed by atoms with Crippen molar-refractivity contribution in [2.24, 2.45) is 0 Å². The smallest absolute Gasteiger partial charge is 0.194 e.